The molecule has 6 heteroatoms. The smallest absolute Gasteiger partial charge is 0.399 e. The van der Waals surface area contributed by atoms with Gasteiger partial charge < -0.3 is 15.0 Å². The molecule has 0 aliphatic carbocycles. The van der Waals surface area contributed by atoms with Gasteiger partial charge in [-0.3, -0.25) is 4.98 Å². The first kappa shape index (κ1) is 14.4. The SMILES string of the molecule is CC(N)c1cncc(F)c1B1OC(C)(C)C(C)(C)O1. The van der Waals surface area contributed by atoms with Gasteiger partial charge in [-0.15, -0.1) is 0 Å². The lowest BCUT2D eigenvalue weighted by Crippen LogP contribution is -2.41. The van der Waals surface area contributed by atoms with E-state index in [9.17, 15) is 4.39 Å². The van der Waals surface area contributed by atoms with Crippen LogP contribution in [0.3, 0.4) is 0 Å². The van der Waals surface area contributed by atoms with Gasteiger partial charge in [-0.05, 0) is 40.2 Å². The molecule has 0 saturated carbocycles. The zero-order valence-corrected chi connectivity index (χ0v) is 12.0. The molecule has 1 unspecified atom stereocenters. The van der Waals surface area contributed by atoms with Crippen LogP contribution in [-0.4, -0.2) is 23.3 Å². The quantitative estimate of drug-likeness (QED) is 0.825. The molecule has 2 N–H and O–H groups in total. The van der Waals surface area contributed by atoms with E-state index in [2.05, 4.69) is 4.98 Å². The predicted octanol–water partition coefficient (Wildman–Crippen LogP) is 1.54. The van der Waals surface area contributed by atoms with Crippen molar-refractivity contribution in [3.63, 3.8) is 0 Å². The van der Waals surface area contributed by atoms with Gasteiger partial charge in [0.05, 0.1) is 17.4 Å². The van der Waals surface area contributed by atoms with Gasteiger partial charge in [0.15, 0.2) is 0 Å². The Kier molecular flexibility index (Phi) is 3.45. The standard InChI is InChI=1S/C13H20BFN2O2/c1-8(16)9-6-17-7-10(15)11(9)14-18-12(2,3)13(4,5)19-14/h6-8H,16H2,1-5H3. The van der Waals surface area contributed by atoms with E-state index in [1.54, 1.807) is 13.1 Å². The van der Waals surface area contributed by atoms with Crippen molar-refractivity contribution in [2.24, 2.45) is 5.73 Å². The Hall–Kier alpha value is -0.975. The Bertz CT molecular complexity index is 476. The molecule has 0 amide bonds. The monoisotopic (exact) mass is 266 g/mol. The lowest BCUT2D eigenvalue weighted by atomic mass is 9.75. The molecule has 2 rings (SSSR count). The lowest BCUT2D eigenvalue weighted by molar-refractivity contribution is 0.00578. The number of nitrogens with zero attached hydrogens (tertiary/aromatic N) is 1. The van der Waals surface area contributed by atoms with Crippen molar-refractivity contribution in [3.8, 4) is 0 Å². The first-order valence-corrected chi connectivity index (χ1v) is 6.40. The molecule has 1 fully saturated rings. The molecule has 1 aliphatic heterocycles. The third kappa shape index (κ3) is 2.40. The molecule has 0 radical (unpaired) electrons. The van der Waals surface area contributed by atoms with Crippen LogP contribution in [0.5, 0.6) is 0 Å². The van der Waals surface area contributed by atoms with Gasteiger partial charge >= 0.3 is 7.12 Å². The van der Waals surface area contributed by atoms with E-state index in [1.165, 1.54) is 0 Å². The zero-order chi connectivity index (χ0) is 14.4. The van der Waals surface area contributed by atoms with Crippen LogP contribution in [0.25, 0.3) is 0 Å². The van der Waals surface area contributed by atoms with E-state index in [4.69, 9.17) is 15.0 Å². The van der Waals surface area contributed by atoms with E-state index in [0.717, 1.165) is 6.20 Å². The van der Waals surface area contributed by atoms with Crippen LogP contribution in [0.4, 0.5) is 4.39 Å². The number of nitrogens with two attached hydrogens (primary N) is 1. The van der Waals surface area contributed by atoms with E-state index >= 15 is 0 Å². The second-order valence-corrected chi connectivity index (χ2v) is 6.00. The summed E-state index contributed by atoms with van der Waals surface area (Å²) in [5, 5.41) is 0. The summed E-state index contributed by atoms with van der Waals surface area (Å²) in [7, 11) is -0.756. The maximum absolute atomic E-state index is 14.1. The molecule has 19 heavy (non-hydrogen) atoms. The number of rotatable bonds is 2. The van der Waals surface area contributed by atoms with Crippen molar-refractivity contribution in [1.82, 2.24) is 4.98 Å². The third-order valence-electron chi connectivity index (χ3n) is 3.95. The fourth-order valence-corrected chi connectivity index (χ4v) is 2.03. The van der Waals surface area contributed by atoms with Gasteiger partial charge in [-0.1, -0.05) is 0 Å². The number of halogens is 1. The first-order valence-electron chi connectivity index (χ1n) is 6.40. The van der Waals surface area contributed by atoms with Crippen molar-refractivity contribution in [2.75, 3.05) is 0 Å². The highest BCUT2D eigenvalue weighted by molar-refractivity contribution is 6.62. The average Bonchev–Trinajstić information content (AvgIpc) is 2.47. The Morgan fingerprint density at radius 2 is 1.74 bits per heavy atom. The van der Waals surface area contributed by atoms with Crippen molar-refractivity contribution < 1.29 is 13.7 Å². The summed E-state index contributed by atoms with van der Waals surface area (Å²) in [4.78, 5) is 3.84. The number of aromatic nitrogens is 1. The second kappa shape index (κ2) is 4.54. The molecule has 0 aromatic carbocycles. The van der Waals surface area contributed by atoms with Crippen LogP contribution in [0.2, 0.25) is 0 Å². The highest BCUT2D eigenvalue weighted by atomic mass is 19.1. The Morgan fingerprint density at radius 1 is 1.21 bits per heavy atom. The van der Waals surface area contributed by atoms with Crippen molar-refractivity contribution in [2.45, 2.75) is 51.9 Å². The minimum absolute atomic E-state index is 0.336. The second-order valence-electron chi connectivity index (χ2n) is 6.00. The van der Waals surface area contributed by atoms with Crippen LogP contribution in [-0.2, 0) is 9.31 Å². The highest BCUT2D eigenvalue weighted by Gasteiger charge is 2.53. The number of hydrogen-bond acceptors (Lipinski definition) is 4. The van der Waals surface area contributed by atoms with E-state index in [-0.39, 0.29) is 6.04 Å². The fraction of sp³-hybridized carbons (Fsp3) is 0.615. The molecule has 1 aromatic rings. The average molecular weight is 266 g/mol. The Balaban J connectivity index is 2.45. The van der Waals surface area contributed by atoms with Gasteiger partial charge in [0.25, 0.3) is 0 Å². The van der Waals surface area contributed by atoms with Gasteiger partial charge in [0.1, 0.15) is 5.82 Å². The molecule has 2 heterocycles. The third-order valence-corrected chi connectivity index (χ3v) is 3.95. The normalized spacial score (nSPS) is 22.6. The number of pyridine rings is 1. The molecule has 104 valence electrons. The van der Waals surface area contributed by atoms with Gasteiger partial charge in [-0.25, -0.2) is 4.39 Å². The Morgan fingerprint density at radius 3 is 2.21 bits per heavy atom. The van der Waals surface area contributed by atoms with Crippen LogP contribution in [0.15, 0.2) is 12.4 Å². The predicted molar refractivity (Wildman–Crippen MR) is 72.5 cm³/mol. The molecule has 1 saturated heterocycles. The molecule has 1 atom stereocenters. The zero-order valence-electron chi connectivity index (χ0n) is 12.0. The maximum atomic E-state index is 14.1. The van der Waals surface area contributed by atoms with Crippen molar-refractivity contribution >= 4 is 12.6 Å². The molecule has 1 aromatic heterocycles. The Labute approximate surface area is 113 Å². The van der Waals surface area contributed by atoms with Crippen LogP contribution in [0.1, 0.15) is 46.2 Å². The molecule has 4 nitrogen and oxygen atoms in total. The number of hydrogen-bond donors (Lipinski definition) is 1. The van der Waals surface area contributed by atoms with E-state index < -0.39 is 24.1 Å². The topological polar surface area (TPSA) is 57.4 Å². The van der Waals surface area contributed by atoms with Crippen LogP contribution < -0.4 is 11.2 Å². The molecular formula is C13H20BFN2O2. The maximum Gasteiger partial charge on any atom is 0.498 e. The summed E-state index contributed by atoms with van der Waals surface area (Å²) >= 11 is 0. The van der Waals surface area contributed by atoms with Crippen molar-refractivity contribution in [3.05, 3.63) is 23.8 Å². The first-order chi connectivity index (χ1) is 8.66. The van der Waals surface area contributed by atoms with E-state index in [1.807, 2.05) is 27.7 Å². The highest BCUT2D eigenvalue weighted by Crippen LogP contribution is 2.37. The molecule has 0 bridgehead atoms. The summed E-state index contributed by atoms with van der Waals surface area (Å²) in [6.45, 7) is 9.50. The van der Waals surface area contributed by atoms with Crippen molar-refractivity contribution in [1.29, 1.82) is 0 Å². The molecular weight excluding hydrogens is 246 g/mol. The summed E-state index contributed by atoms with van der Waals surface area (Å²) < 4.78 is 25.8. The summed E-state index contributed by atoms with van der Waals surface area (Å²) in [6, 6.07) is -0.336. The van der Waals surface area contributed by atoms with E-state index in [0.29, 0.717) is 11.0 Å². The van der Waals surface area contributed by atoms with Gasteiger partial charge in [-0.2, -0.15) is 0 Å². The minimum atomic E-state index is -0.756. The van der Waals surface area contributed by atoms with Crippen LogP contribution in [0, 0.1) is 5.82 Å². The lowest BCUT2D eigenvalue weighted by Gasteiger charge is -2.32. The summed E-state index contributed by atoms with van der Waals surface area (Å²) in [5.74, 6) is -0.451. The molecule has 1 aliphatic rings. The summed E-state index contributed by atoms with van der Waals surface area (Å²) in [5.41, 5.74) is 5.81. The van der Waals surface area contributed by atoms with Gasteiger partial charge in [0.2, 0.25) is 0 Å². The molecule has 0 spiro atoms. The summed E-state index contributed by atoms with van der Waals surface area (Å²) in [6.07, 6.45) is 2.72. The van der Waals surface area contributed by atoms with Gasteiger partial charge in [0, 0.05) is 17.7 Å². The minimum Gasteiger partial charge on any atom is -0.399 e. The van der Waals surface area contributed by atoms with Crippen LogP contribution >= 0.6 is 0 Å². The fourth-order valence-electron chi connectivity index (χ4n) is 2.03. The largest absolute Gasteiger partial charge is 0.498 e.